The highest BCUT2D eigenvalue weighted by Gasteiger charge is 2.19. The number of unbranched alkanes of at least 4 members (excludes halogenated alkanes) is 1. The third-order valence-electron chi connectivity index (χ3n) is 1.15. The van der Waals surface area contributed by atoms with Crippen molar-refractivity contribution in [3.63, 3.8) is 0 Å². The van der Waals surface area contributed by atoms with Crippen LogP contribution in [-0.2, 0) is 4.74 Å². The van der Waals surface area contributed by atoms with Crippen LogP contribution >= 0.6 is 22.6 Å². The molecule has 0 heterocycles. The van der Waals surface area contributed by atoms with Gasteiger partial charge in [-0.1, -0.05) is 13.3 Å². The van der Waals surface area contributed by atoms with E-state index in [0.29, 0.717) is 6.42 Å². The first-order valence-electron chi connectivity index (χ1n) is 3.09. The molecule has 0 fully saturated rings. The van der Waals surface area contributed by atoms with Crippen molar-refractivity contribution in [1.82, 2.24) is 0 Å². The molecule has 0 rings (SSSR count). The van der Waals surface area contributed by atoms with Gasteiger partial charge in [0.2, 0.25) is 3.79 Å². The van der Waals surface area contributed by atoms with Crippen molar-refractivity contribution in [3.05, 3.63) is 0 Å². The van der Waals surface area contributed by atoms with Crippen molar-refractivity contribution in [1.29, 1.82) is 0 Å². The quantitative estimate of drug-likeness (QED) is 0.465. The lowest BCUT2D eigenvalue weighted by Gasteiger charge is -2.17. The summed E-state index contributed by atoms with van der Waals surface area (Å²) in [6.45, 7) is 2.09. The second-order valence-electron chi connectivity index (χ2n) is 2.00. The van der Waals surface area contributed by atoms with Gasteiger partial charge in [-0.05, 0) is 29.0 Å². The Balaban J connectivity index is 3.33. The predicted octanol–water partition coefficient (Wildman–Crippen LogP) is 1.90. The molecule has 1 unspecified atom stereocenters. The maximum atomic E-state index is 9.22. The topological polar surface area (TPSA) is 29.5 Å². The Bertz CT molecular complexity index is 73.5. The molecule has 0 aromatic rings. The number of halogens is 1. The predicted molar refractivity (Wildman–Crippen MR) is 45.5 cm³/mol. The zero-order valence-electron chi connectivity index (χ0n) is 5.85. The second-order valence-corrected chi connectivity index (χ2v) is 3.68. The van der Waals surface area contributed by atoms with Crippen LogP contribution in [0.1, 0.15) is 26.2 Å². The van der Waals surface area contributed by atoms with Crippen LogP contribution in [-0.4, -0.2) is 16.0 Å². The highest BCUT2D eigenvalue weighted by molar-refractivity contribution is 14.1. The summed E-state index contributed by atoms with van der Waals surface area (Å²) in [7, 11) is 1.52. The summed E-state index contributed by atoms with van der Waals surface area (Å²) in [6.07, 6.45) is 2.81. The lowest BCUT2D eigenvalue weighted by molar-refractivity contribution is -0.0961. The average Bonchev–Trinajstić information content (AvgIpc) is 1.84. The van der Waals surface area contributed by atoms with Gasteiger partial charge in [-0.15, -0.1) is 0 Å². The molecule has 0 aromatic heterocycles. The van der Waals surface area contributed by atoms with Gasteiger partial charge in [-0.3, -0.25) is 0 Å². The van der Waals surface area contributed by atoms with E-state index in [1.165, 1.54) is 7.11 Å². The van der Waals surface area contributed by atoms with E-state index in [4.69, 9.17) is 4.74 Å². The Morgan fingerprint density at radius 2 is 2.22 bits per heavy atom. The molecule has 0 aliphatic heterocycles. The Labute approximate surface area is 69.7 Å². The van der Waals surface area contributed by atoms with Crippen LogP contribution in [0.5, 0.6) is 0 Å². The average molecular weight is 244 g/mol. The van der Waals surface area contributed by atoms with Crippen molar-refractivity contribution in [3.8, 4) is 0 Å². The fourth-order valence-corrected chi connectivity index (χ4v) is 0.878. The van der Waals surface area contributed by atoms with E-state index in [1.807, 2.05) is 22.6 Å². The first-order chi connectivity index (χ1) is 4.12. The number of ether oxygens (including phenoxy) is 1. The number of hydrogen-bond acceptors (Lipinski definition) is 2. The summed E-state index contributed by atoms with van der Waals surface area (Å²) in [5.41, 5.74) is 0. The standard InChI is InChI=1S/C6H13IO2/c1-3-4-5-6(7,8)9-2/h8H,3-5H2,1-2H3. The monoisotopic (exact) mass is 244 g/mol. The van der Waals surface area contributed by atoms with Crippen LogP contribution < -0.4 is 0 Å². The molecule has 0 spiro atoms. The molecule has 0 aliphatic rings. The van der Waals surface area contributed by atoms with Crippen molar-refractivity contribution in [2.45, 2.75) is 30.0 Å². The van der Waals surface area contributed by atoms with Crippen LogP contribution in [0.15, 0.2) is 0 Å². The van der Waals surface area contributed by atoms with Crippen LogP contribution in [0.2, 0.25) is 0 Å². The van der Waals surface area contributed by atoms with Gasteiger partial charge in [0.25, 0.3) is 0 Å². The molecule has 0 saturated heterocycles. The maximum Gasteiger partial charge on any atom is 0.218 e. The number of rotatable bonds is 4. The van der Waals surface area contributed by atoms with E-state index >= 15 is 0 Å². The minimum Gasteiger partial charge on any atom is -0.358 e. The fraction of sp³-hybridized carbons (Fsp3) is 1.00. The third-order valence-corrected chi connectivity index (χ3v) is 2.13. The van der Waals surface area contributed by atoms with E-state index in [1.54, 1.807) is 0 Å². The Kier molecular flexibility index (Phi) is 4.79. The first kappa shape index (κ1) is 9.65. The van der Waals surface area contributed by atoms with Crippen LogP contribution in [0, 0.1) is 0 Å². The molecule has 0 amide bonds. The van der Waals surface area contributed by atoms with Crippen molar-refractivity contribution >= 4 is 22.6 Å². The van der Waals surface area contributed by atoms with Gasteiger partial charge < -0.3 is 9.84 Å². The maximum absolute atomic E-state index is 9.22. The van der Waals surface area contributed by atoms with Crippen molar-refractivity contribution < 1.29 is 9.84 Å². The van der Waals surface area contributed by atoms with Gasteiger partial charge in [0.1, 0.15) is 0 Å². The zero-order valence-corrected chi connectivity index (χ0v) is 8.01. The van der Waals surface area contributed by atoms with Crippen LogP contribution in [0.4, 0.5) is 0 Å². The summed E-state index contributed by atoms with van der Waals surface area (Å²) in [5, 5.41) is 9.22. The highest BCUT2D eigenvalue weighted by Crippen LogP contribution is 2.22. The Morgan fingerprint density at radius 3 is 2.56 bits per heavy atom. The second kappa shape index (κ2) is 4.46. The lowest BCUT2D eigenvalue weighted by atomic mass is 10.2. The smallest absolute Gasteiger partial charge is 0.218 e. The van der Waals surface area contributed by atoms with E-state index in [-0.39, 0.29) is 0 Å². The number of hydrogen-bond donors (Lipinski definition) is 1. The molecule has 1 N–H and O–H groups in total. The largest absolute Gasteiger partial charge is 0.358 e. The highest BCUT2D eigenvalue weighted by atomic mass is 127. The SMILES string of the molecule is CCCCC(O)(I)OC. The summed E-state index contributed by atoms with van der Waals surface area (Å²) in [4.78, 5) is 0. The third kappa shape index (κ3) is 5.11. The number of methoxy groups -OCH3 is 1. The minimum absolute atomic E-state index is 0.709. The van der Waals surface area contributed by atoms with E-state index in [0.717, 1.165) is 12.8 Å². The molecule has 2 nitrogen and oxygen atoms in total. The number of aliphatic hydroxyl groups is 1. The Hall–Kier alpha value is 0.650. The van der Waals surface area contributed by atoms with Crippen molar-refractivity contribution in [2.75, 3.05) is 7.11 Å². The van der Waals surface area contributed by atoms with Gasteiger partial charge in [-0.25, -0.2) is 0 Å². The van der Waals surface area contributed by atoms with E-state index < -0.39 is 3.79 Å². The van der Waals surface area contributed by atoms with E-state index in [2.05, 4.69) is 6.92 Å². The normalized spacial score (nSPS) is 17.3. The molecule has 9 heavy (non-hydrogen) atoms. The minimum atomic E-state index is -0.937. The summed E-state index contributed by atoms with van der Waals surface area (Å²) in [6, 6.07) is 0. The molecule has 56 valence electrons. The molecule has 0 aliphatic carbocycles. The molecule has 0 aromatic carbocycles. The molecule has 1 atom stereocenters. The summed E-state index contributed by atoms with van der Waals surface area (Å²) < 4.78 is 3.85. The summed E-state index contributed by atoms with van der Waals surface area (Å²) >= 11 is 1.90. The van der Waals surface area contributed by atoms with Gasteiger partial charge in [0.15, 0.2) is 0 Å². The Morgan fingerprint density at radius 1 is 1.67 bits per heavy atom. The van der Waals surface area contributed by atoms with Crippen LogP contribution in [0.3, 0.4) is 0 Å². The van der Waals surface area contributed by atoms with Gasteiger partial charge in [0.05, 0.1) is 0 Å². The lowest BCUT2D eigenvalue weighted by Crippen LogP contribution is -2.21. The van der Waals surface area contributed by atoms with E-state index in [9.17, 15) is 5.11 Å². The summed E-state index contributed by atoms with van der Waals surface area (Å²) in [5.74, 6) is 0. The molecule has 0 bridgehead atoms. The molecular formula is C6H13IO2. The molecular weight excluding hydrogens is 231 g/mol. The zero-order chi connectivity index (χ0) is 7.33. The molecule has 0 saturated carbocycles. The van der Waals surface area contributed by atoms with Crippen molar-refractivity contribution in [2.24, 2.45) is 0 Å². The van der Waals surface area contributed by atoms with Crippen LogP contribution in [0.25, 0.3) is 0 Å². The van der Waals surface area contributed by atoms with Gasteiger partial charge in [-0.2, -0.15) is 0 Å². The first-order valence-corrected chi connectivity index (χ1v) is 4.16. The van der Waals surface area contributed by atoms with Gasteiger partial charge in [0, 0.05) is 13.5 Å². The number of alkyl halides is 1. The molecule has 3 heteroatoms. The molecule has 0 radical (unpaired) electrons. The fourth-order valence-electron chi connectivity index (χ4n) is 0.497. The van der Waals surface area contributed by atoms with Gasteiger partial charge >= 0.3 is 0 Å².